The van der Waals surface area contributed by atoms with Crippen LogP contribution >= 0.6 is 0 Å². The summed E-state index contributed by atoms with van der Waals surface area (Å²) < 4.78 is 0. The zero-order valence-electron chi connectivity index (χ0n) is 12.4. The minimum Gasteiger partial charge on any atom is -0.328 e. The van der Waals surface area contributed by atoms with Crippen molar-refractivity contribution in [3.63, 3.8) is 0 Å². The molecule has 2 aliphatic rings. The summed E-state index contributed by atoms with van der Waals surface area (Å²) in [6.07, 6.45) is 7.93. The van der Waals surface area contributed by atoms with E-state index >= 15 is 0 Å². The lowest BCUT2D eigenvalue weighted by molar-refractivity contribution is 0.0650. The molecule has 3 nitrogen and oxygen atoms in total. The van der Waals surface area contributed by atoms with Gasteiger partial charge in [0.15, 0.2) is 0 Å². The van der Waals surface area contributed by atoms with Gasteiger partial charge >= 0.3 is 0 Å². The molecule has 2 rings (SSSR count). The zero-order valence-corrected chi connectivity index (χ0v) is 12.4. The minimum atomic E-state index is 0.470. The van der Waals surface area contributed by atoms with Crippen LogP contribution in [0.25, 0.3) is 0 Å². The summed E-state index contributed by atoms with van der Waals surface area (Å²) in [7, 11) is 6.82. The van der Waals surface area contributed by atoms with Crippen LogP contribution < -0.4 is 5.73 Å². The van der Waals surface area contributed by atoms with E-state index in [4.69, 9.17) is 5.73 Å². The lowest BCUT2D eigenvalue weighted by Crippen LogP contribution is -2.49. The van der Waals surface area contributed by atoms with E-state index in [0.717, 1.165) is 17.9 Å². The van der Waals surface area contributed by atoms with Crippen LogP contribution in [0.1, 0.15) is 38.5 Å². The molecule has 3 heteroatoms. The summed E-state index contributed by atoms with van der Waals surface area (Å²) in [4.78, 5) is 5.00. The topological polar surface area (TPSA) is 32.5 Å². The number of piperidine rings is 1. The van der Waals surface area contributed by atoms with E-state index in [2.05, 4.69) is 30.9 Å². The molecule has 1 saturated heterocycles. The number of rotatable bonds is 3. The summed E-state index contributed by atoms with van der Waals surface area (Å²) in [6.45, 7) is 2.57. The molecule has 0 aromatic carbocycles. The maximum Gasteiger partial charge on any atom is 0.0158 e. The predicted molar refractivity (Wildman–Crippen MR) is 77.6 cm³/mol. The van der Waals surface area contributed by atoms with Crippen molar-refractivity contribution in [3.8, 4) is 0 Å². The molecule has 0 aromatic rings. The second-order valence-electron chi connectivity index (χ2n) is 6.79. The highest BCUT2D eigenvalue weighted by Crippen LogP contribution is 2.34. The first-order valence-corrected chi connectivity index (χ1v) is 7.68. The Kier molecular flexibility index (Phi) is 5.05. The Balaban J connectivity index is 1.98. The van der Waals surface area contributed by atoms with Gasteiger partial charge in [-0.25, -0.2) is 0 Å². The van der Waals surface area contributed by atoms with Crippen LogP contribution in [0.5, 0.6) is 0 Å². The molecule has 0 aromatic heterocycles. The SMILES string of the molecule is CN1CCCC(C(C2CCC(N)CC2)N(C)C)C1. The molecule has 1 aliphatic carbocycles. The van der Waals surface area contributed by atoms with Crippen LogP contribution in [0.3, 0.4) is 0 Å². The molecule has 2 fully saturated rings. The van der Waals surface area contributed by atoms with E-state index < -0.39 is 0 Å². The van der Waals surface area contributed by atoms with E-state index in [1.54, 1.807) is 0 Å². The summed E-state index contributed by atoms with van der Waals surface area (Å²) in [6, 6.07) is 1.23. The molecular formula is C15H31N3. The first-order chi connectivity index (χ1) is 8.58. The largest absolute Gasteiger partial charge is 0.328 e. The van der Waals surface area contributed by atoms with Crippen LogP contribution in [0.2, 0.25) is 0 Å². The predicted octanol–water partition coefficient (Wildman–Crippen LogP) is 1.78. The highest BCUT2D eigenvalue weighted by atomic mass is 15.1. The molecule has 2 N–H and O–H groups in total. The van der Waals surface area contributed by atoms with E-state index in [0.29, 0.717) is 6.04 Å². The van der Waals surface area contributed by atoms with Gasteiger partial charge in [0.1, 0.15) is 0 Å². The van der Waals surface area contributed by atoms with Crippen LogP contribution in [0, 0.1) is 11.8 Å². The number of hydrogen-bond acceptors (Lipinski definition) is 3. The Morgan fingerprint density at radius 3 is 2.28 bits per heavy atom. The number of nitrogens with zero attached hydrogens (tertiary/aromatic N) is 2. The van der Waals surface area contributed by atoms with E-state index in [1.807, 2.05) is 0 Å². The molecular weight excluding hydrogens is 222 g/mol. The molecule has 1 heterocycles. The van der Waals surface area contributed by atoms with Gasteiger partial charge in [-0.2, -0.15) is 0 Å². The Morgan fingerprint density at radius 1 is 1.06 bits per heavy atom. The lowest BCUT2D eigenvalue weighted by Gasteiger charge is -2.44. The second-order valence-corrected chi connectivity index (χ2v) is 6.79. The molecule has 0 amide bonds. The molecule has 0 radical (unpaired) electrons. The maximum absolute atomic E-state index is 6.05. The molecule has 106 valence electrons. The summed E-state index contributed by atoms with van der Waals surface area (Å²) in [5, 5.41) is 0. The Bertz CT molecular complexity index is 246. The van der Waals surface area contributed by atoms with Crippen molar-refractivity contribution < 1.29 is 0 Å². The first kappa shape index (κ1) is 14.3. The third-order valence-corrected chi connectivity index (χ3v) is 5.04. The van der Waals surface area contributed by atoms with Crippen molar-refractivity contribution in [2.45, 2.75) is 50.6 Å². The average molecular weight is 253 g/mol. The van der Waals surface area contributed by atoms with Gasteiger partial charge in [0.2, 0.25) is 0 Å². The van der Waals surface area contributed by atoms with Crippen LogP contribution in [-0.4, -0.2) is 56.1 Å². The number of nitrogens with two attached hydrogens (primary N) is 1. The summed E-state index contributed by atoms with van der Waals surface area (Å²) in [5.41, 5.74) is 6.05. The van der Waals surface area contributed by atoms with E-state index in [1.165, 1.54) is 51.6 Å². The third kappa shape index (κ3) is 3.46. The van der Waals surface area contributed by atoms with Gasteiger partial charge in [-0.1, -0.05) is 0 Å². The fourth-order valence-corrected chi connectivity index (χ4v) is 4.20. The van der Waals surface area contributed by atoms with Crippen LogP contribution in [-0.2, 0) is 0 Å². The summed E-state index contributed by atoms with van der Waals surface area (Å²) in [5.74, 6) is 1.73. The average Bonchev–Trinajstić information content (AvgIpc) is 2.32. The quantitative estimate of drug-likeness (QED) is 0.832. The van der Waals surface area contributed by atoms with Gasteiger partial charge in [0.05, 0.1) is 0 Å². The van der Waals surface area contributed by atoms with Crippen LogP contribution in [0.15, 0.2) is 0 Å². The number of hydrogen-bond donors (Lipinski definition) is 1. The first-order valence-electron chi connectivity index (χ1n) is 7.68. The standard InChI is InChI=1S/C15H31N3/c1-17(2)15(12-6-8-14(16)9-7-12)13-5-4-10-18(3)11-13/h12-15H,4-11,16H2,1-3H3. The monoisotopic (exact) mass is 253 g/mol. The maximum atomic E-state index is 6.05. The lowest BCUT2D eigenvalue weighted by atomic mass is 9.74. The zero-order chi connectivity index (χ0) is 13.1. The molecule has 2 atom stereocenters. The van der Waals surface area contributed by atoms with Crippen molar-refractivity contribution in [1.29, 1.82) is 0 Å². The van der Waals surface area contributed by atoms with Crippen molar-refractivity contribution in [1.82, 2.24) is 9.80 Å². The minimum absolute atomic E-state index is 0.470. The van der Waals surface area contributed by atoms with Gasteiger partial charge in [-0.05, 0) is 78.0 Å². The van der Waals surface area contributed by atoms with Gasteiger partial charge in [0, 0.05) is 18.6 Å². The molecule has 0 spiro atoms. The van der Waals surface area contributed by atoms with Crippen molar-refractivity contribution in [2.24, 2.45) is 17.6 Å². The van der Waals surface area contributed by atoms with Crippen molar-refractivity contribution in [3.05, 3.63) is 0 Å². The fourth-order valence-electron chi connectivity index (χ4n) is 4.20. The van der Waals surface area contributed by atoms with Gasteiger partial charge in [-0.3, -0.25) is 0 Å². The Labute approximate surface area is 113 Å². The Hall–Kier alpha value is -0.120. The fraction of sp³-hybridized carbons (Fsp3) is 1.00. The van der Waals surface area contributed by atoms with Gasteiger partial charge in [-0.15, -0.1) is 0 Å². The normalized spacial score (nSPS) is 36.8. The third-order valence-electron chi connectivity index (χ3n) is 5.04. The number of likely N-dealkylation sites (tertiary alicyclic amines) is 1. The van der Waals surface area contributed by atoms with E-state index in [-0.39, 0.29) is 0 Å². The summed E-state index contributed by atoms with van der Waals surface area (Å²) >= 11 is 0. The molecule has 0 bridgehead atoms. The molecule has 18 heavy (non-hydrogen) atoms. The van der Waals surface area contributed by atoms with Crippen LogP contribution in [0.4, 0.5) is 0 Å². The smallest absolute Gasteiger partial charge is 0.0158 e. The Morgan fingerprint density at radius 2 is 1.72 bits per heavy atom. The van der Waals surface area contributed by atoms with E-state index in [9.17, 15) is 0 Å². The van der Waals surface area contributed by atoms with Gasteiger partial charge in [0.25, 0.3) is 0 Å². The molecule has 2 unspecified atom stereocenters. The highest BCUT2D eigenvalue weighted by Gasteiger charge is 2.34. The van der Waals surface area contributed by atoms with Crippen molar-refractivity contribution >= 4 is 0 Å². The van der Waals surface area contributed by atoms with Gasteiger partial charge < -0.3 is 15.5 Å². The second kappa shape index (κ2) is 6.36. The van der Waals surface area contributed by atoms with Crippen molar-refractivity contribution in [2.75, 3.05) is 34.2 Å². The highest BCUT2D eigenvalue weighted by molar-refractivity contribution is 4.89. The molecule has 1 aliphatic heterocycles. The molecule has 1 saturated carbocycles.